The summed E-state index contributed by atoms with van der Waals surface area (Å²) in [5, 5.41) is 18.4. The van der Waals surface area contributed by atoms with E-state index in [1.54, 1.807) is 24.3 Å². The SMILES string of the molecule is N#Cc1ccc(OC2CN(C(=O)c3cc(F)ccc3O)C2)cc1. The van der Waals surface area contributed by atoms with Gasteiger partial charge in [-0.1, -0.05) is 0 Å². The van der Waals surface area contributed by atoms with Crippen molar-refractivity contribution in [1.82, 2.24) is 4.90 Å². The van der Waals surface area contributed by atoms with E-state index in [0.29, 0.717) is 24.4 Å². The summed E-state index contributed by atoms with van der Waals surface area (Å²) >= 11 is 0. The van der Waals surface area contributed by atoms with Gasteiger partial charge in [-0.25, -0.2) is 4.39 Å². The Morgan fingerprint density at radius 3 is 2.61 bits per heavy atom. The molecule has 1 aliphatic rings. The number of ether oxygens (including phenoxy) is 1. The van der Waals surface area contributed by atoms with Crippen LogP contribution in [-0.4, -0.2) is 35.1 Å². The summed E-state index contributed by atoms with van der Waals surface area (Å²) < 4.78 is 18.9. The van der Waals surface area contributed by atoms with Gasteiger partial charge in [-0.3, -0.25) is 4.79 Å². The largest absolute Gasteiger partial charge is 0.507 e. The maximum absolute atomic E-state index is 13.2. The lowest BCUT2D eigenvalue weighted by molar-refractivity contribution is 0.0175. The second-order valence-electron chi connectivity index (χ2n) is 5.25. The summed E-state index contributed by atoms with van der Waals surface area (Å²) in [7, 11) is 0. The Balaban J connectivity index is 1.59. The first-order valence-electron chi connectivity index (χ1n) is 7.01. The molecule has 2 aromatic rings. The molecule has 1 amide bonds. The smallest absolute Gasteiger partial charge is 0.257 e. The van der Waals surface area contributed by atoms with Crippen molar-refractivity contribution in [2.75, 3.05) is 13.1 Å². The number of aromatic hydroxyl groups is 1. The highest BCUT2D eigenvalue weighted by molar-refractivity contribution is 5.97. The van der Waals surface area contributed by atoms with Crippen LogP contribution in [0.4, 0.5) is 4.39 Å². The lowest BCUT2D eigenvalue weighted by atomic mass is 10.1. The van der Waals surface area contributed by atoms with Crippen LogP contribution in [0.1, 0.15) is 15.9 Å². The molecule has 116 valence electrons. The third kappa shape index (κ3) is 3.09. The molecule has 0 unspecified atom stereocenters. The predicted octanol–water partition coefficient (Wildman–Crippen LogP) is 2.31. The fraction of sp³-hybridized carbons (Fsp3) is 0.176. The van der Waals surface area contributed by atoms with E-state index < -0.39 is 11.7 Å². The Morgan fingerprint density at radius 1 is 1.26 bits per heavy atom. The number of amides is 1. The summed E-state index contributed by atoms with van der Waals surface area (Å²) in [6.45, 7) is 0.712. The van der Waals surface area contributed by atoms with E-state index in [1.165, 1.54) is 4.90 Å². The standard InChI is InChI=1S/C17H13FN2O3/c18-12-3-6-16(21)15(7-12)17(22)20-9-14(10-20)23-13-4-1-11(8-19)2-5-13/h1-7,14,21H,9-10H2. The van der Waals surface area contributed by atoms with Gasteiger partial charge >= 0.3 is 0 Å². The van der Waals surface area contributed by atoms with Crippen LogP contribution in [0.5, 0.6) is 11.5 Å². The van der Waals surface area contributed by atoms with Crippen LogP contribution in [0.2, 0.25) is 0 Å². The number of nitrogens with zero attached hydrogens (tertiary/aromatic N) is 2. The quantitative estimate of drug-likeness (QED) is 0.944. The van der Waals surface area contributed by atoms with E-state index in [2.05, 4.69) is 0 Å². The van der Waals surface area contributed by atoms with Gasteiger partial charge in [0.15, 0.2) is 0 Å². The molecule has 6 heteroatoms. The summed E-state index contributed by atoms with van der Waals surface area (Å²) in [6, 6.07) is 12.0. The van der Waals surface area contributed by atoms with Gasteiger partial charge in [0.2, 0.25) is 0 Å². The molecule has 0 radical (unpaired) electrons. The monoisotopic (exact) mass is 312 g/mol. The van der Waals surface area contributed by atoms with Gasteiger partial charge in [-0.05, 0) is 42.5 Å². The van der Waals surface area contributed by atoms with Crippen LogP contribution in [0.15, 0.2) is 42.5 Å². The highest BCUT2D eigenvalue weighted by Crippen LogP contribution is 2.24. The van der Waals surface area contributed by atoms with Crippen LogP contribution < -0.4 is 4.74 Å². The Hall–Kier alpha value is -3.07. The maximum atomic E-state index is 13.2. The molecule has 2 aromatic carbocycles. The van der Waals surface area contributed by atoms with Gasteiger partial charge in [0, 0.05) is 0 Å². The fourth-order valence-electron chi connectivity index (χ4n) is 2.33. The Labute approximate surface area is 132 Å². The van der Waals surface area contributed by atoms with Crippen molar-refractivity contribution >= 4 is 5.91 Å². The first kappa shape index (κ1) is 14.9. The van der Waals surface area contributed by atoms with Crippen molar-refractivity contribution in [3.05, 3.63) is 59.4 Å². The molecule has 1 saturated heterocycles. The Morgan fingerprint density at radius 2 is 1.96 bits per heavy atom. The van der Waals surface area contributed by atoms with E-state index in [1.807, 2.05) is 6.07 Å². The van der Waals surface area contributed by atoms with E-state index in [0.717, 1.165) is 18.2 Å². The Bertz CT molecular complexity index is 777. The van der Waals surface area contributed by atoms with Gasteiger partial charge in [0.05, 0.1) is 30.3 Å². The van der Waals surface area contributed by atoms with E-state index in [4.69, 9.17) is 10.00 Å². The number of likely N-dealkylation sites (tertiary alicyclic amines) is 1. The fourth-order valence-corrected chi connectivity index (χ4v) is 2.33. The highest BCUT2D eigenvalue weighted by atomic mass is 19.1. The number of carbonyl (C=O) groups excluding carboxylic acids is 1. The lowest BCUT2D eigenvalue weighted by Crippen LogP contribution is -2.56. The molecular weight excluding hydrogens is 299 g/mol. The number of phenolic OH excluding ortho intramolecular Hbond substituents is 1. The van der Waals surface area contributed by atoms with Crippen molar-refractivity contribution < 1.29 is 19.0 Å². The van der Waals surface area contributed by atoms with Crippen molar-refractivity contribution in [2.45, 2.75) is 6.10 Å². The minimum Gasteiger partial charge on any atom is -0.507 e. The summed E-state index contributed by atoms with van der Waals surface area (Å²) in [5.41, 5.74) is 0.492. The van der Waals surface area contributed by atoms with E-state index in [9.17, 15) is 14.3 Å². The molecule has 1 aliphatic heterocycles. The minimum absolute atomic E-state index is 0.0539. The van der Waals surface area contributed by atoms with Crippen molar-refractivity contribution in [3.8, 4) is 17.6 Å². The van der Waals surface area contributed by atoms with Gasteiger partial charge in [0.25, 0.3) is 5.91 Å². The molecule has 0 bridgehead atoms. The van der Waals surface area contributed by atoms with Crippen LogP contribution in [0, 0.1) is 17.1 Å². The average Bonchev–Trinajstić information content (AvgIpc) is 2.53. The number of carbonyl (C=O) groups is 1. The lowest BCUT2D eigenvalue weighted by Gasteiger charge is -2.39. The van der Waals surface area contributed by atoms with Gasteiger partial charge in [-0.15, -0.1) is 0 Å². The number of halogens is 1. The second kappa shape index (κ2) is 5.97. The van der Waals surface area contributed by atoms with Crippen molar-refractivity contribution in [2.24, 2.45) is 0 Å². The maximum Gasteiger partial charge on any atom is 0.257 e. The first-order valence-corrected chi connectivity index (χ1v) is 7.01. The summed E-state index contributed by atoms with van der Waals surface area (Å²) in [4.78, 5) is 13.7. The topological polar surface area (TPSA) is 73.6 Å². The minimum atomic E-state index is -0.572. The summed E-state index contributed by atoms with van der Waals surface area (Å²) in [5.74, 6) is -0.624. The zero-order valence-corrected chi connectivity index (χ0v) is 12.1. The molecule has 5 nitrogen and oxygen atoms in total. The van der Waals surface area contributed by atoms with Crippen molar-refractivity contribution in [3.63, 3.8) is 0 Å². The predicted molar refractivity (Wildman–Crippen MR) is 79.5 cm³/mol. The van der Waals surface area contributed by atoms with E-state index in [-0.39, 0.29) is 17.4 Å². The highest BCUT2D eigenvalue weighted by Gasteiger charge is 2.33. The molecule has 0 aliphatic carbocycles. The van der Waals surface area contributed by atoms with Gasteiger partial charge in [-0.2, -0.15) is 5.26 Å². The van der Waals surface area contributed by atoms with Gasteiger partial charge < -0.3 is 14.7 Å². The third-order valence-electron chi connectivity index (χ3n) is 3.61. The molecular formula is C17H13FN2O3. The molecule has 0 aromatic heterocycles. The number of nitriles is 1. The first-order chi connectivity index (χ1) is 11.1. The zero-order valence-electron chi connectivity index (χ0n) is 12.1. The number of phenols is 1. The van der Waals surface area contributed by atoms with Gasteiger partial charge in [0.1, 0.15) is 23.4 Å². The molecule has 1 heterocycles. The number of hydrogen-bond acceptors (Lipinski definition) is 4. The van der Waals surface area contributed by atoms with Crippen molar-refractivity contribution in [1.29, 1.82) is 5.26 Å². The van der Waals surface area contributed by atoms with Crippen LogP contribution in [0.3, 0.4) is 0 Å². The second-order valence-corrected chi connectivity index (χ2v) is 5.25. The van der Waals surface area contributed by atoms with E-state index >= 15 is 0 Å². The average molecular weight is 312 g/mol. The Kier molecular flexibility index (Phi) is 3.85. The normalized spacial score (nSPS) is 14.0. The zero-order chi connectivity index (χ0) is 16.4. The molecule has 23 heavy (non-hydrogen) atoms. The molecule has 1 fully saturated rings. The van der Waals surface area contributed by atoms with Crippen LogP contribution >= 0.6 is 0 Å². The molecule has 1 N–H and O–H groups in total. The molecule has 3 rings (SSSR count). The molecule has 0 saturated carbocycles. The number of hydrogen-bond donors (Lipinski definition) is 1. The van der Waals surface area contributed by atoms with Crippen LogP contribution in [-0.2, 0) is 0 Å². The third-order valence-corrected chi connectivity index (χ3v) is 3.61. The van der Waals surface area contributed by atoms with Crippen LogP contribution in [0.25, 0.3) is 0 Å². The molecule has 0 atom stereocenters. The summed E-state index contributed by atoms with van der Waals surface area (Å²) in [6.07, 6.45) is -0.164. The molecule has 0 spiro atoms. The number of rotatable bonds is 3. The number of benzene rings is 2.